The normalized spacial score (nSPS) is 12.7. The van der Waals surface area contributed by atoms with Crippen LogP contribution in [0.2, 0.25) is 5.02 Å². The van der Waals surface area contributed by atoms with Crippen molar-refractivity contribution in [2.45, 2.75) is 19.4 Å². The van der Waals surface area contributed by atoms with Gasteiger partial charge in [-0.1, -0.05) is 17.7 Å². The topological polar surface area (TPSA) is 43.8 Å². The minimum atomic E-state index is -0.0617. The zero-order valence-electron chi connectivity index (χ0n) is 10.3. The van der Waals surface area contributed by atoms with Gasteiger partial charge in [0.15, 0.2) is 0 Å². The second kappa shape index (κ2) is 5.43. The molecule has 1 aromatic heterocycles. The molecule has 2 N–H and O–H groups in total. The molecule has 0 saturated heterocycles. The molecule has 0 aliphatic carbocycles. The zero-order valence-corrected chi connectivity index (χ0v) is 12.7. The summed E-state index contributed by atoms with van der Waals surface area (Å²) >= 11 is 9.39. The van der Waals surface area contributed by atoms with Crippen molar-refractivity contribution in [2.24, 2.45) is 12.8 Å². The summed E-state index contributed by atoms with van der Waals surface area (Å²) < 4.78 is 2.75. The van der Waals surface area contributed by atoms with Gasteiger partial charge in [0.1, 0.15) is 0 Å². The highest BCUT2D eigenvalue weighted by Crippen LogP contribution is 2.26. The summed E-state index contributed by atoms with van der Waals surface area (Å²) in [5, 5.41) is 5.02. The SMILES string of the molecule is Cc1cc(CC(N)c2ccc(Cl)c(Br)c2)n(C)n1. The Balaban J connectivity index is 2.19. The van der Waals surface area contributed by atoms with E-state index in [2.05, 4.69) is 27.1 Å². The van der Waals surface area contributed by atoms with Crippen LogP contribution in [0.25, 0.3) is 0 Å². The smallest absolute Gasteiger partial charge is 0.0596 e. The summed E-state index contributed by atoms with van der Waals surface area (Å²) in [5.41, 5.74) is 9.42. The minimum Gasteiger partial charge on any atom is -0.324 e. The predicted molar refractivity (Wildman–Crippen MR) is 77.7 cm³/mol. The lowest BCUT2D eigenvalue weighted by molar-refractivity contribution is 0.639. The Bertz CT molecular complexity index is 565. The van der Waals surface area contributed by atoms with Crippen molar-refractivity contribution in [2.75, 3.05) is 0 Å². The highest BCUT2D eigenvalue weighted by Gasteiger charge is 2.11. The molecule has 2 rings (SSSR count). The summed E-state index contributed by atoms with van der Waals surface area (Å²) in [7, 11) is 1.94. The van der Waals surface area contributed by atoms with Crippen LogP contribution in [0.4, 0.5) is 0 Å². The molecule has 96 valence electrons. The third-order valence-corrected chi connectivity index (χ3v) is 4.11. The first-order chi connectivity index (χ1) is 8.47. The molecule has 0 saturated carbocycles. The number of hydrogen-bond acceptors (Lipinski definition) is 2. The van der Waals surface area contributed by atoms with Gasteiger partial charge < -0.3 is 5.73 Å². The molecule has 1 unspecified atom stereocenters. The number of halogens is 2. The number of aromatic nitrogens is 2. The largest absolute Gasteiger partial charge is 0.324 e. The molecule has 5 heteroatoms. The van der Waals surface area contributed by atoms with Crippen LogP contribution in [0, 0.1) is 6.92 Å². The second-order valence-electron chi connectivity index (χ2n) is 4.38. The Labute approximate surface area is 120 Å². The fraction of sp³-hybridized carbons (Fsp3) is 0.308. The van der Waals surface area contributed by atoms with E-state index in [0.29, 0.717) is 5.02 Å². The lowest BCUT2D eigenvalue weighted by atomic mass is 10.0. The molecule has 0 radical (unpaired) electrons. The van der Waals surface area contributed by atoms with Gasteiger partial charge in [0.25, 0.3) is 0 Å². The van der Waals surface area contributed by atoms with E-state index < -0.39 is 0 Å². The van der Waals surface area contributed by atoms with Gasteiger partial charge in [-0.3, -0.25) is 4.68 Å². The van der Waals surface area contributed by atoms with Crippen molar-refractivity contribution < 1.29 is 0 Å². The molecular weight excluding hydrogens is 314 g/mol. The molecular formula is C13H15BrClN3. The lowest BCUT2D eigenvalue weighted by Crippen LogP contribution is -2.15. The minimum absolute atomic E-state index is 0.0617. The van der Waals surface area contributed by atoms with E-state index in [0.717, 1.165) is 27.8 Å². The van der Waals surface area contributed by atoms with Crippen LogP contribution in [0.15, 0.2) is 28.7 Å². The standard InChI is InChI=1S/C13H15BrClN3/c1-8-5-10(18(2)17-8)7-13(16)9-3-4-12(15)11(14)6-9/h3-6,13H,7,16H2,1-2H3. The number of aryl methyl sites for hydroxylation is 2. The van der Waals surface area contributed by atoms with Crippen molar-refractivity contribution in [3.8, 4) is 0 Å². The van der Waals surface area contributed by atoms with Crippen LogP contribution in [-0.4, -0.2) is 9.78 Å². The fourth-order valence-electron chi connectivity index (χ4n) is 1.94. The Morgan fingerprint density at radius 2 is 2.17 bits per heavy atom. The van der Waals surface area contributed by atoms with Crippen molar-refractivity contribution >= 4 is 27.5 Å². The lowest BCUT2D eigenvalue weighted by Gasteiger charge is -2.13. The van der Waals surface area contributed by atoms with E-state index in [1.807, 2.05) is 36.9 Å². The number of benzene rings is 1. The van der Waals surface area contributed by atoms with Crippen molar-refractivity contribution in [3.05, 3.63) is 50.7 Å². The van der Waals surface area contributed by atoms with Crippen LogP contribution in [-0.2, 0) is 13.5 Å². The summed E-state index contributed by atoms with van der Waals surface area (Å²) in [6, 6.07) is 7.78. The molecule has 1 heterocycles. The van der Waals surface area contributed by atoms with Gasteiger partial charge in [-0.15, -0.1) is 0 Å². The van der Waals surface area contributed by atoms with Gasteiger partial charge in [0.05, 0.1) is 10.7 Å². The Morgan fingerprint density at radius 1 is 1.44 bits per heavy atom. The highest BCUT2D eigenvalue weighted by atomic mass is 79.9. The molecule has 0 bridgehead atoms. The molecule has 0 fully saturated rings. The third kappa shape index (κ3) is 2.94. The summed E-state index contributed by atoms with van der Waals surface area (Å²) in [6.07, 6.45) is 0.755. The average Bonchev–Trinajstić information content (AvgIpc) is 2.61. The quantitative estimate of drug-likeness (QED) is 0.938. The van der Waals surface area contributed by atoms with Crippen molar-refractivity contribution in [1.82, 2.24) is 9.78 Å². The number of rotatable bonds is 3. The monoisotopic (exact) mass is 327 g/mol. The van der Waals surface area contributed by atoms with E-state index in [1.165, 1.54) is 0 Å². The predicted octanol–water partition coefficient (Wildman–Crippen LogP) is 3.39. The zero-order chi connectivity index (χ0) is 13.3. The van der Waals surface area contributed by atoms with Gasteiger partial charge in [0, 0.05) is 29.7 Å². The summed E-state index contributed by atoms with van der Waals surface area (Å²) in [5.74, 6) is 0. The molecule has 0 aliphatic heterocycles. The third-order valence-electron chi connectivity index (χ3n) is 2.90. The highest BCUT2D eigenvalue weighted by molar-refractivity contribution is 9.10. The van der Waals surface area contributed by atoms with Crippen LogP contribution in [0.5, 0.6) is 0 Å². The van der Waals surface area contributed by atoms with E-state index in [-0.39, 0.29) is 6.04 Å². The van der Waals surface area contributed by atoms with Gasteiger partial charge >= 0.3 is 0 Å². The second-order valence-corrected chi connectivity index (χ2v) is 5.65. The van der Waals surface area contributed by atoms with Crippen molar-refractivity contribution in [1.29, 1.82) is 0 Å². The molecule has 0 spiro atoms. The molecule has 3 nitrogen and oxygen atoms in total. The van der Waals surface area contributed by atoms with Gasteiger partial charge in [-0.2, -0.15) is 5.10 Å². The first kappa shape index (κ1) is 13.6. The van der Waals surface area contributed by atoms with E-state index in [4.69, 9.17) is 17.3 Å². The Kier molecular flexibility index (Phi) is 4.10. The van der Waals surface area contributed by atoms with Crippen LogP contribution in [0.1, 0.15) is 23.0 Å². The van der Waals surface area contributed by atoms with Gasteiger partial charge in [-0.25, -0.2) is 0 Å². The fourth-order valence-corrected chi connectivity index (χ4v) is 2.46. The van der Waals surface area contributed by atoms with Gasteiger partial charge in [-0.05, 0) is 46.6 Å². The molecule has 18 heavy (non-hydrogen) atoms. The van der Waals surface area contributed by atoms with Gasteiger partial charge in [0.2, 0.25) is 0 Å². The Morgan fingerprint density at radius 3 is 2.72 bits per heavy atom. The maximum Gasteiger partial charge on any atom is 0.0596 e. The van der Waals surface area contributed by atoms with Crippen molar-refractivity contribution in [3.63, 3.8) is 0 Å². The maximum atomic E-state index is 6.22. The maximum absolute atomic E-state index is 6.22. The molecule has 0 amide bonds. The average molecular weight is 329 g/mol. The molecule has 0 aliphatic rings. The number of hydrogen-bond donors (Lipinski definition) is 1. The molecule has 2 aromatic rings. The van der Waals surface area contributed by atoms with Crippen LogP contribution >= 0.6 is 27.5 Å². The van der Waals surface area contributed by atoms with E-state index >= 15 is 0 Å². The summed E-state index contributed by atoms with van der Waals surface area (Å²) in [6.45, 7) is 1.98. The number of nitrogens with zero attached hydrogens (tertiary/aromatic N) is 2. The van der Waals surface area contributed by atoms with E-state index in [9.17, 15) is 0 Å². The first-order valence-corrected chi connectivity index (χ1v) is 6.84. The first-order valence-electron chi connectivity index (χ1n) is 5.67. The van der Waals surface area contributed by atoms with Crippen LogP contribution < -0.4 is 5.73 Å². The van der Waals surface area contributed by atoms with E-state index in [1.54, 1.807) is 0 Å². The Hall–Kier alpha value is -0.840. The molecule has 1 aromatic carbocycles. The number of nitrogens with two attached hydrogens (primary N) is 1. The molecule has 1 atom stereocenters. The summed E-state index contributed by atoms with van der Waals surface area (Å²) in [4.78, 5) is 0. The van der Waals surface area contributed by atoms with Crippen LogP contribution in [0.3, 0.4) is 0 Å².